The standard InChI is InChI=1S/C19H26N2O/c22-13-10-18-7-3-11-21-12-9-19(17(18)21)14-4-1-2-5-15(14)20-16(19)6-8-18/h1-2,4-5,16-17,20,22H,3,6-13H2. The van der Waals surface area contributed by atoms with Gasteiger partial charge in [0.15, 0.2) is 0 Å². The second-order valence-electron chi connectivity index (χ2n) is 7.95. The minimum absolute atomic E-state index is 0.296. The Hall–Kier alpha value is -1.06. The molecule has 1 aromatic rings. The van der Waals surface area contributed by atoms with Crippen LogP contribution in [0.1, 0.15) is 44.1 Å². The van der Waals surface area contributed by atoms with Gasteiger partial charge < -0.3 is 10.4 Å². The smallest absolute Gasteiger partial charge is 0.0436 e. The van der Waals surface area contributed by atoms with Crippen LogP contribution in [0.5, 0.6) is 0 Å². The number of para-hydroxylation sites is 1. The highest BCUT2D eigenvalue weighted by molar-refractivity contribution is 5.64. The molecule has 118 valence electrons. The van der Waals surface area contributed by atoms with E-state index in [9.17, 15) is 5.11 Å². The molecule has 4 atom stereocenters. The molecular weight excluding hydrogens is 272 g/mol. The first-order valence-electron chi connectivity index (χ1n) is 9.01. The van der Waals surface area contributed by atoms with Gasteiger partial charge in [-0.05, 0) is 68.7 Å². The maximum Gasteiger partial charge on any atom is 0.0436 e. The topological polar surface area (TPSA) is 35.5 Å². The Morgan fingerprint density at radius 2 is 2.09 bits per heavy atom. The van der Waals surface area contributed by atoms with Gasteiger partial charge in [-0.1, -0.05) is 18.2 Å². The van der Waals surface area contributed by atoms with E-state index in [1.807, 2.05) is 0 Å². The van der Waals surface area contributed by atoms with Crippen LogP contribution in [0.15, 0.2) is 24.3 Å². The minimum Gasteiger partial charge on any atom is -0.396 e. The number of fused-ring (bicyclic) bond motifs is 1. The maximum atomic E-state index is 9.74. The molecule has 0 aromatic heterocycles. The molecule has 0 amide bonds. The summed E-state index contributed by atoms with van der Waals surface area (Å²) in [4.78, 5) is 2.77. The molecule has 3 aliphatic heterocycles. The number of aliphatic hydroxyl groups excluding tert-OH is 1. The predicted octanol–water partition coefficient (Wildman–Crippen LogP) is 2.75. The van der Waals surface area contributed by atoms with Crippen molar-refractivity contribution in [1.29, 1.82) is 0 Å². The van der Waals surface area contributed by atoms with Crippen LogP contribution in [-0.2, 0) is 5.41 Å². The molecule has 4 aliphatic rings. The van der Waals surface area contributed by atoms with Crippen LogP contribution < -0.4 is 5.32 Å². The van der Waals surface area contributed by atoms with Gasteiger partial charge in [0.2, 0.25) is 0 Å². The third-order valence-corrected chi connectivity index (χ3v) is 7.29. The van der Waals surface area contributed by atoms with Gasteiger partial charge in [-0.25, -0.2) is 0 Å². The van der Waals surface area contributed by atoms with Crippen molar-refractivity contribution in [3.63, 3.8) is 0 Å². The van der Waals surface area contributed by atoms with E-state index in [0.717, 1.165) is 6.42 Å². The van der Waals surface area contributed by atoms with Gasteiger partial charge in [0.1, 0.15) is 0 Å². The van der Waals surface area contributed by atoms with E-state index in [1.165, 1.54) is 50.9 Å². The largest absolute Gasteiger partial charge is 0.396 e. The van der Waals surface area contributed by atoms with Crippen LogP contribution in [0.4, 0.5) is 5.69 Å². The second kappa shape index (κ2) is 4.48. The van der Waals surface area contributed by atoms with Crippen LogP contribution in [0.2, 0.25) is 0 Å². The fourth-order valence-electron chi connectivity index (χ4n) is 6.66. The molecule has 4 unspecified atom stereocenters. The summed E-state index contributed by atoms with van der Waals surface area (Å²) in [6.45, 7) is 2.85. The van der Waals surface area contributed by atoms with Gasteiger partial charge in [-0.3, -0.25) is 4.90 Å². The van der Waals surface area contributed by atoms with Crippen molar-refractivity contribution in [1.82, 2.24) is 4.90 Å². The van der Waals surface area contributed by atoms with Crippen molar-refractivity contribution >= 4 is 5.69 Å². The van der Waals surface area contributed by atoms with E-state index in [4.69, 9.17) is 0 Å². The molecule has 1 saturated carbocycles. The van der Waals surface area contributed by atoms with Gasteiger partial charge in [0.05, 0.1) is 0 Å². The lowest BCUT2D eigenvalue weighted by atomic mass is 9.52. The number of hydrogen-bond acceptors (Lipinski definition) is 3. The second-order valence-corrected chi connectivity index (χ2v) is 7.95. The third-order valence-electron chi connectivity index (χ3n) is 7.29. The highest BCUT2D eigenvalue weighted by Gasteiger charge is 2.66. The quantitative estimate of drug-likeness (QED) is 0.881. The molecule has 3 nitrogen and oxygen atoms in total. The number of piperidine rings is 1. The number of hydrogen-bond donors (Lipinski definition) is 2. The van der Waals surface area contributed by atoms with Crippen LogP contribution >= 0.6 is 0 Å². The van der Waals surface area contributed by atoms with Crippen LogP contribution in [0.25, 0.3) is 0 Å². The van der Waals surface area contributed by atoms with Gasteiger partial charge >= 0.3 is 0 Å². The summed E-state index contributed by atoms with van der Waals surface area (Å²) in [6.07, 6.45) is 7.45. The van der Waals surface area contributed by atoms with Gasteiger partial charge in [0.25, 0.3) is 0 Å². The molecular formula is C19H26N2O. The highest BCUT2D eigenvalue weighted by atomic mass is 16.3. The van der Waals surface area contributed by atoms with E-state index < -0.39 is 0 Å². The predicted molar refractivity (Wildman–Crippen MR) is 88.1 cm³/mol. The van der Waals surface area contributed by atoms with Gasteiger partial charge in [-0.2, -0.15) is 0 Å². The third kappa shape index (κ3) is 1.45. The van der Waals surface area contributed by atoms with Gasteiger partial charge in [0, 0.05) is 29.8 Å². The van der Waals surface area contributed by atoms with Gasteiger partial charge in [-0.15, -0.1) is 0 Å². The monoisotopic (exact) mass is 298 g/mol. The Labute approximate surface area is 132 Å². The SMILES string of the molecule is OCCC12CCCN3CCC4(c5ccccc5NC4CC1)C32. The van der Waals surface area contributed by atoms with Crippen LogP contribution in [0, 0.1) is 5.41 Å². The van der Waals surface area contributed by atoms with E-state index >= 15 is 0 Å². The number of aliphatic hydroxyl groups is 1. The molecule has 2 N–H and O–H groups in total. The van der Waals surface area contributed by atoms with E-state index in [1.54, 1.807) is 5.56 Å². The molecule has 0 radical (unpaired) electrons. The summed E-state index contributed by atoms with van der Waals surface area (Å²) in [5.74, 6) is 0. The first-order chi connectivity index (χ1) is 10.8. The summed E-state index contributed by atoms with van der Waals surface area (Å²) in [5, 5.41) is 13.6. The lowest BCUT2D eigenvalue weighted by Gasteiger charge is -2.58. The molecule has 3 heteroatoms. The Bertz CT molecular complexity index is 599. The molecule has 22 heavy (non-hydrogen) atoms. The first kappa shape index (κ1) is 13.4. The molecule has 2 saturated heterocycles. The fraction of sp³-hybridized carbons (Fsp3) is 0.684. The van der Waals surface area contributed by atoms with E-state index in [2.05, 4.69) is 34.5 Å². The molecule has 1 spiro atoms. The van der Waals surface area contributed by atoms with Crippen molar-refractivity contribution in [2.45, 2.75) is 56.0 Å². The van der Waals surface area contributed by atoms with Crippen LogP contribution in [-0.4, -0.2) is 41.8 Å². The average Bonchev–Trinajstić information content (AvgIpc) is 3.09. The summed E-state index contributed by atoms with van der Waals surface area (Å²) >= 11 is 0. The average molecular weight is 298 g/mol. The summed E-state index contributed by atoms with van der Waals surface area (Å²) in [5.41, 5.74) is 3.58. The fourth-order valence-corrected chi connectivity index (χ4v) is 6.66. The normalized spacial score (nSPS) is 42.4. The Kier molecular flexibility index (Phi) is 2.73. The van der Waals surface area contributed by atoms with E-state index in [-0.39, 0.29) is 0 Å². The summed E-state index contributed by atoms with van der Waals surface area (Å²) < 4.78 is 0. The first-order valence-corrected chi connectivity index (χ1v) is 9.01. The zero-order valence-corrected chi connectivity index (χ0v) is 13.2. The lowest BCUT2D eigenvalue weighted by molar-refractivity contribution is -0.0422. The number of anilines is 1. The Morgan fingerprint density at radius 3 is 3.00 bits per heavy atom. The number of nitrogens with one attached hydrogen (secondary N) is 1. The lowest BCUT2D eigenvalue weighted by Crippen LogP contribution is -2.63. The minimum atomic E-state index is 0.296. The molecule has 1 aromatic carbocycles. The highest BCUT2D eigenvalue weighted by Crippen LogP contribution is 2.63. The zero-order valence-electron chi connectivity index (χ0n) is 13.2. The van der Waals surface area contributed by atoms with Crippen molar-refractivity contribution in [2.24, 2.45) is 5.41 Å². The molecule has 1 aliphatic carbocycles. The van der Waals surface area contributed by atoms with Crippen molar-refractivity contribution < 1.29 is 5.11 Å². The van der Waals surface area contributed by atoms with Crippen molar-refractivity contribution in [3.05, 3.63) is 29.8 Å². The number of rotatable bonds is 2. The maximum absolute atomic E-state index is 9.74. The molecule has 5 rings (SSSR count). The number of benzene rings is 1. The Balaban J connectivity index is 1.69. The zero-order chi connectivity index (χ0) is 14.8. The Morgan fingerprint density at radius 1 is 1.18 bits per heavy atom. The summed E-state index contributed by atoms with van der Waals surface area (Å²) in [6, 6.07) is 10.2. The summed E-state index contributed by atoms with van der Waals surface area (Å²) in [7, 11) is 0. The number of nitrogens with zero attached hydrogens (tertiary/aromatic N) is 1. The van der Waals surface area contributed by atoms with Crippen LogP contribution in [0.3, 0.4) is 0 Å². The van der Waals surface area contributed by atoms with Crippen molar-refractivity contribution in [3.8, 4) is 0 Å². The van der Waals surface area contributed by atoms with Crippen molar-refractivity contribution in [2.75, 3.05) is 25.0 Å². The van der Waals surface area contributed by atoms with E-state index in [0.29, 0.717) is 29.5 Å². The molecule has 3 fully saturated rings. The molecule has 0 bridgehead atoms. The molecule has 3 heterocycles.